The second-order valence-electron chi connectivity index (χ2n) is 18.0. The molecule has 0 aliphatic carbocycles. The minimum absolute atomic E-state index is 0.0207. The van der Waals surface area contributed by atoms with Crippen molar-refractivity contribution in [1.29, 1.82) is 0 Å². The van der Waals surface area contributed by atoms with E-state index in [4.69, 9.17) is 18.6 Å². The Hall–Kier alpha value is -3.17. The summed E-state index contributed by atoms with van der Waals surface area (Å²) in [6, 6.07) is 23.3. The lowest BCUT2D eigenvalue weighted by atomic mass is 9.82. The minimum atomic E-state index is -3.64. The molecule has 1 unspecified atom stereocenters. The Balaban J connectivity index is 1.47. The van der Waals surface area contributed by atoms with Crippen LogP contribution in [-0.4, -0.2) is 46.4 Å². The summed E-state index contributed by atoms with van der Waals surface area (Å²) in [5.41, 5.74) is 4.63. The minimum Gasteiger partial charge on any atom is -0.543 e. The molecule has 8 heteroatoms. The number of sulfone groups is 1. The Morgan fingerprint density at radius 2 is 1.62 bits per heavy atom. The van der Waals surface area contributed by atoms with Gasteiger partial charge in [-0.05, 0) is 140 Å². The molecule has 4 rings (SSSR count). The fourth-order valence-electron chi connectivity index (χ4n) is 7.40. The van der Waals surface area contributed by atoms with Crippen LogP contribution >= 0.6 is 0 Å². The van der Waals surface area contributed by atoms with Crippen molar-refractivity contribution in [3.63, 3.8) is 0 Å². The van der Waals surface area contributed by atoms with Crippen molar-refractivity contribution in [3.05, 3.63) is 113 Å². The third-order valence-electron chi connectivity index (χ3n) is 11.6. The Morgan fingerprint density at radius 1 is 0.982 bits per heavy atom. The standard InChI is InChI=1S/C47H68O6SSi/c1-35(20-19-28-47(9)29-27-43(46(7,8)53-47)51-34-38-21-15-13-16-22-38)30-42(54(48,49)41-23-17-14-18-24-41)31-36(2)25-26-39-33-40(32-37(3)44(39)50-10)52-55(11,12)45(4,5)6/h13-18,21-25,30,32-33,42-43H,19-20,26-29,31,34H2,1-12H3/b35-30+,36-25+/t42?,43-,47+/m1/s1. The Morgan fingerprint density at radius 3 is 2.22 bits per heavy atom. The molecule has 0 bridgehead atoms. The van der Waals surface area contributed by atoms with E-state index in [0.29, 0.717) is 24.3 Å². The van der Waals surface area contributed by atoms with Gasteiger partial charge in [-0.3, -0.25) is 0 Å². The van der Waals surface area contributed by atoms with Gasteiger partial charge in [-0.15, -0.1) is 0 Å². The number of rotatable bonds is 17. The Labute approximate surface area is 334 Å². The van der Waals surface area contributed by atoms with E-state index in [2.05, 4.69) is 91.9 Å². The second kappa shape index (κ2) is 18.4. The zero-order valence-electron chi connectivity index (χ0n) is 35.8. The largest absolute Gasteiger partial charge is 0.543 e. The van der Waals surface area contributed by atoms with E-state index >= 15 is 0 Å². The summed E-state index contributed by atoms with van der Waals surface area (Å²) >= 11 is 0. The van der Waals surface area contributed by atoms with E-state index in [-0.39, 0.29) is 16.7 Å². The highest BCUT2D eigenvalue weighted by Crippen LogP contribution is 2.41. The second-order valence-corrected chi connectivity index (χ2v) is 24.9. The zero-order valence-corrected chi connectivity index (χ0v) is 37.6. The van der Waals surface area contributed by atoms with Crippen molar-refractivity contribution in [2.24, 2.45) is 0 Å². The van der Waals surface area contributed by atoms with Gasteiger partial charge in [0.25, 0.3) is 0 Å². The first-order valence-corrected chi connectivity index (χ1v) is 24.5. The monoisotopic (exact) mass is 788 g/mol. The van der Waals surface area contributed by atoms with Crippen molar-refractivity contribution in [1.82, 2.24) is 0 Å². The highest BCUT2D eigenvalue weighted by atomic mass is 32.2. The molecular weight excluding hydrogens is 721 g/mol. The van der Waals surface area contributed by atoms with Gasteiger partial charge in [-0.1, -0.05) is 92.6 Å². The average molecular weight is 789 g/mol. The number of methoxy groups -OCH3 is 1. The number of hydrogen-bond donors (Lipinski definition) is 0. The lowest BCUT2D eigenvalue weighted by Gasteiger charge is -2.48. The van der Waals surface area contributed by atoms with Gasteiger partial charge < -0.3 is 18.6 Å². The highest BCUT2D eigenvalue weighted by molar-refractivity contribution is 7.92. The Kier molecular flexibility index (Phi) is 14.9. The normalized spacial score (nSPS) is 20.3. The van der Waals surface area contributed by atoms with E-state index in [1.165, 1.54) is 5.56 Å². The number of ether oxygens (including phenoxy) is 3. The first-order valence-electron chi connectivity index (χ1n) is 20.0. The zero-order chi connectivity index (χ0) is 40.7. The van der Waals surface area contributed by atoms with Crippen LogP contribution in [-0.2, 0) is 32.3 Å². The van der Waals surface area contributed by atoms with E-state index in [1.807, 2.05) is 44.2 Å². The predicted octanol–water partition coefficient (Wildman–Crippen LogP) is 12.2. The van der Waals surface area contributed by atoms with Crippen LogP contribution in [0, 0.1) is 6.92 Å². The van der Waals surface area contributed by atoms with Crippen LogP contribution in [0.2, 0.25) is 18.1 Å². The fraction of sp³-hybridized carbons (Fsp3) is 0.532. The van der Waals surface area contributed by atoms with Crippen molar-refractivity contribution in [2.75, 3.05) is 7.11 Å². The molecular formula is C47H68O6SSi. The molecule has 0 radical (unpaired) electrons. The van der Waals surface area contributed by atoms with Crippen LogP contribution in [0.4, 0.5) is 0 Å². The molecule has 1 heterocycles. The Bertz CT molecular complexity index is 1880. The molecule has 3 atom stereocenters. The van der Waals surface area contributed by atoms with Crippen molar-refractivity contribution < 1.29 is 27.1 Å². The molecule has 0 aromatic heterocycles. The molecule has 302 valence electrons. The van der Waals surface area contributed by atoms with Crippen LogP contribution in [0.25, 0.3) is 0 Å². The molecule has 1 aliphatic heterocycles. The highest BCUT2D eigenvalue weighted by Gasteiger charge is 2.44. The van der Waals surface area contributed by atoms with Crippen LogP contribution in [0.3, 0.4) is 0 Å². The molecule has 1 saturated heterocycles. The molecule has 0 saturated carbocycles. The molecule has 3 aromatic carbocycles. The summed E-state index contributed by atoms with van der Waals surface area (Å²) in [5, 5.41) is -0.617. The molecule has 0 amide bonds. The van der Waals surface area contributed by atoms with E-state index in [9.17, 15) is 8.42 Å². The lowest BCUT2D eigenvalue weighted by Crippen LogP contribution is -2.52. The molecule has 1 fully saturated rings. The maximum atomic E-state index is 14.2. The van der Waals surface area contributed by atoms with E-state index in [0.717, 1.165) is 65.9 Å². The van der Waals surface area contributed by atoms with E-state index in [1.54, 1.807) is 31.4 Å². The van der Waals surface area contributed by atoms with Crippen LogP contribution in [0.15, 0.2) is 101 Å². The van der Waals surface area contributed by atoms with Gasteiger partial charge in [0, 0.05) is 5.56 Å². The van der Waals surface area contributed by atoms with Crippen LogP contribution in [0.1, 0.15) is 111 Å². The quantitative estimate of drug-likeness (QED) is 0.100. The van der Waals surface area contributed by atoms with Crippen LogP contribution < -0.4 is 9.16 Å². The number of benzene rings is 3. The topological polar surface area (TPSA) is 71.1 Å². The third kappa shape index (κ3) is 12.2. The van der Waals surface area contributed by atoms with Crippen molar-refractivity contribution in [3.8, 4) is 11.5 Å². The van der Waals surface area contributed by atoms with Crippen molar-refractivity contribution >= 4 is 18.2 Å². The van der Waals surface area contributed by atoms with Gasteiger partial charge in [0.1, 0.15) is 11.5 Å². The first kappa shape index (κ1) is 44.5. The van der Waals surface area contributed by atoms with Gasteiger partial charge in [0.15, 0.2) is 9.84 Å². The van der Waals surface area contributed by atoms with Gasteiger partial charge in [-0.2, -0.15) is 0 Å². The average Bonchev–Trinajstić information content (AvgIpc) is 3.09. The molecule has 55 heavy (non-hydrogen) atoms. The van der Waals surface area contributed by atoms with Crippen molar-refractivity contribution in [2.45, 2.75) is 159 Å². The first-order chi connectivity index (χ1) is 25.7. The van der Waals surface area contributed by atoms with Gasteiger partial charge in [-0.25, -0.2) is 8.42 Å². The molecule has 0 spiro atoms. The maximum Gasteiger partial charge on any atom is 0.250 e. The van der Waals surface area contributed by atoms with Crippen LogP contribution in [0.5, 0.6) is 11.5 Å². The molecule has 6 nitrogen and oxygen atoms in total. The number of hydrogen-bond acceptors (Lipinski definition) is 6. The van der Waals surface area contributed by atoms with Gasteiger partial charge in [0.05, 0.1) is 41.2 Å². The summed E-state index contributed by atoms with van der Waals surface area (Å²) in [6.45, 7) is 24.4. The predicted molar refractivity (Wildman–Crippen MR) is 230 cm³/mol. The summed E-state index contributed by atoms with van der Waals surface area (Å²) in [7, 11) is -3.98. The maximum absolute atomic E-state index is 14.2. The molecule has 3 aromatic rings. The summed E-state index contributed by atoms with van der Waals surface area (Å²) in [5.74, 6) is 1.70. The third-order valence-corrected chi connectivity index (χ3v) is 18.0. The van der Waals surface area contributed by atoms with Gasteiger partial charge in [0.2, 0.25) is 8.32 Å². The van der Waals surface area contributed by atoms with E-state index < -0.39 is 29.0 Å². The summed E-state index contributed by atoms with van der Waals surface area (Å²) < 4.78 is 54.0. The molecule has 0 N–H and O–H groups in total. The smallest absolute Gasteiger partial charge is 0.250 e. The SMILES string of the molecule is COc1c(C)cc(O[Si](C)(C)C(C)(C)C)cc1C/C=C(\C)CC(/C=C(\C)CCC[C@@]1(C)CC[C@@H](OCc2ccccc2)C(C)(C)O1)S(=O)(=O)c1ccccc1. The van der Waals surface area contributed by atoms with Gasteiger partial charge >= 0.3 is 0 Å². The molecule has 1 aliphatic rings. The number of aryl methyl sites for hydroxylation is 1. The number of allylic oxidation sites excluding steroid dienone is 3. The summed E-state index contributed by atoms with van der Waals surface area (Å²) in [4.78, 5) is 0.346. The lowest BCUT2D eigenvalue weighted by molar-refractivity contribution is -0.231. The fourth-order valence-corrected chi connectivity index (χ4v) is 10.2. The summed E-state index contributed by atoms with van der Waals surface area (Å²) in [6.07, 6.45) is 9.61.